The van der Waals surface area contributed by atoms with Crippen molar-refractivity contribution in [3.63, 3.8) is 0 Å². The lowest BCUT2D eigenvalue weighted by atomic mass is 10.4. The minimum absolute atomic E-state index is 0.211. The van der Waals surface area contributed by atoms with Crippen LogP contribution in [-0.4, -0.2) is 79.1 Å². The summed E-state index contributed by atoms with van der Waals surface area (Å²) < 4.78 is 26.1. The summed E-state index contributed by atoms with van der Waals surface area (Å²) in [5.74, 6) is 0. The molecule has 0 amide bonds. The fourth-order valence-electron chi connectivity index (χ4n) is 3.76. The van der Waals surface area contributed by atoms with Gasteiger partial charge in [-0.1, -0.05) is 0 Å². The fraction of sp³-hybridized carbons (Fsp3) is 1.00. The van der Waals surface area contributed by atoms with E-state index in [1.807, 2.05) is 7.05 Å². The normalized spacial score (nSPS) is 14.8. The van der Waals surface area contributed by atoms with Crippen LogP contribution in [0.4, 0.5) is 0 Å². The number of aliphatic hydroxyl groups excluding tert-OH is 1. The van der Waals surface area contributed by atoms with Crippen molar-refractivity contribution in [1.29, 1.82) is 0 Å². The Kier molecular flexibility index (Phi) is 11.3. The van der Waals surface area contributed by atoms with Crippen molar-refractivity contribution < 1.29 is 21.6 Å². The monoisotopic (exact) mass is 485 g/mol. The molecule has 0 aliphatic carbocycles. The van der Waals surface area contributed by atoms with Crippen molar-refractivity contribution in [3.05, 3.63) is 0 Å². The van der Waals surface area contributed by atoms with E-state index in [1.54, 1.807) is 0 Å². The van der Waals surface area contributed by atoms with Gasteiger partial charge in [0.05, 0.1) is 6.61 Å². The third-order valence-corrected chi connectivity index (χ3v) is 21.9. The number of aliphatic hydroxyl groups is 1. The Bertz CT molecular complexity index is 469. The number of hydrogen-bond acceptors (Lipinski definition) is 6. The Labute approximate surface area is 179 Å². The molecule has 1 N–H and O–H groups in total. The summed E-state index contributed by atoms with van der Waals surface area (Å²) in [5, 5.41) is 9.02. The smallest absolute Gasteiger partial charge is 0.314 e. The minimum Gasteiger partial charge on any atom is -0.437 e. The molecule has 0 aromatic rings. The van der Waals surface area contributed by atoms with E-state index in [-0.39, 0.29) is 6.61 Å². The molecule has 0 heterocycles. The van der Waals surface area contributed by atoms with Crippen molar-refractivity contribution in [2.45, 2.75) is 84.5 Å². The standard InChI is InChI=1S/C17H47NO5Si5/c1-18(15-16-19)14-13-17-25(5,6)21-27(9,10)23-28(11,12)22-26(7,8)20-24(2,3)4/h19H,13-17H2,1-12H3. The topological polar surface area (TPSA) is 60.4 Å². The first-order valence-corrected chi connectivity index (χ1v) is 25.4. The van der Waals surface area contributed by atoms with Crippen molar-refractivity contribution >= 4 is 42.3 Å². The van der Waals surface area contributed by atoms with E-state index in [9.17, 15) is 0 Å². The lowest BCUT2D eigenvalue weighted by Crippen LogP contribution is -2.58. The van der Waals surface area contributed by atoms with Crippen LogP contribution in [0.3, 0.4) is 0 Å². The molecule has 0 rings (SSSR count). The van der Waals surface area contributed by atoms with Crippen LogP contribution < -0.4 is 0 Å². The zero-order chi connectivity index (χ0) is 22.4. The van der Waals surface area contributed by atoms with Crippen LogP contribution in [-0.2, 0) is 16.5 Å². The van der Waals surface area contributed by atoms with Gasteiger partial charge in [0, 0.05) is 6.54 Å². The highest BCUT2D eigenvalue weighted by molar-refractivity contribution is 6.90. The van der Waals surface area contributed by atoms with Crippen molar-refractivity contribution in [1.82, 2.24) is 4.90 Å². The minimum atomic E-state index is -2.35. The van der Waals surface area contributed by atoms with Gasteiger partial charge in [0.1, 0.15) is 0 Å². The molecule has 11 heteroatoms. The number of nitrogens with zero attached hydrogens (tertiary/aromatic N) is 1. The Morgan fingerprint density at radius 1 is 0.643 bits per heavy atom. The Morgan fingerprint density at radius 2 is 1.07 bits per heavy atom. The maximum Gasteiger partial charge on any atom is 0.314 e. The van der Waals surface area contributed by atoms with E-state index in [1.165, 1.54) is 0 Å². The van der Waals surface area contributed by atoms with Crippen molar-refractivity contribution in [2.75, 3.05) is 26.7 Å². The predicted octanol–water partition coefficient (Wildman–Crippen LogP) is 4.51. The van der Waals surface area contributed by atoms with E-state index >= 15 is 0 Å². The highest BCUT2D eigenvalue weighted by atomic mass is 28.5. The first-order valence-electron chi connectivity index (χ1n) is 10.4. The summed E-state index contributed by atoms with van der Waals surface area (Å²) in [7, 11) is -8.30. The average Bonchev–Trinajstić information content (AvgIpc) is 2.29. The number of likely N-dealkylation sites (N-methyl/N-ethyl adjacent to an activating group) is 1. The van der Waals surface area contributed by atoms with Gasteiger partial charge in [-0.2, -0.15) is 0 Å². The van der Waals surface area contributed by atoms with E-state index in [0.29, 0.717) is 0 Å². The fourth-order valence-corrected chi connectivity index (χ4v) is 27.5. The van der Waals surface area contributed by atoms with Crippen molar-refractivity contribution in [2.24, 2.45) is 0 Å². The number of hydrogen-bond donors (Lipinski definition) is 1. The third-order valence-electron chi connectivity index (χ3n) is 3.86. The molecule has 6 nitrogen and oxygen atoms in total. The molecule has 0 unspecified atom stereocenters. The van der Waals surface area contributed by atoms with E-state index in [0.717, 1.165) is 25.6 Å². The molecular formula is C17H47NO5Si5. The molecule has 0 aliphatic rings. The molecule has 0 atom stereocenters. The van der Waals surface area contributed by atoms with Crippen LogP contribution in [0, 0.1) is 0 Å². The summed E-state index contributed by atoms with van der Waals surface area (Å²) >= 11 is 0. The molecule has 0 radical (unpaired) electrons. The molecule has 0 aliphatic heterocycles. The number of rotatable bonds is 14. The molecule has 0 aromatic carbocycles. The molecule has 0 aromatic heterocycles. The van der Waals surface area contributed by atoms with Crippen LogP contribution in [0.2, 0.25) is 78.1 Å². The second-order valence-electron chi connectivity index (χ2n) is 10.6. The molecular weight excluding hydrogens is 439 g/mol. The molecule has 170 valence electrons. The van der Waals surface area contributed by atoms with E-state index in [4.69, 9.17) is 21.6 Å². The van der Waals surface area contributed by atoms with Gasteiger partial charge in [0.15, 0.2) is 16.6 Å². The third kappa shape index (κ3) is 14.8. The van der Waals surface area contributed by atoms with Crippen LogP contribution in [0.25, 0.3) is 0 Å². The van der Waals surface area contributed by atoms with Gasteiger partial charge in [-0.05, 0) is 98.1 Å². The SMILES string of the molecule is CN(CCO)CCC[Si](C)(C)O[Si](C)(C)O[Si](C)(C)O[Si](C)(C)O[Si](C)(C)C. The summed E-state index contributed by atoms with van der Waals surface area (Å²) in [6.07, 6.45) is 1.08. The Morgan fingerprint density at radius 3 is 1.50 bits per heavy atom. The summed E-state index contributed by atoms with van der Waals surface area (Å²) in [6, 6.07) is 1.09. The lowest BCUT2D eigenvalue weighted by Gasteiger charge is -2.42. The summed E-state index contributed by atoms with van der Waals surface area (Å²) in [5.41, 5.74) is 0. The average molecular weight is 486 g/mol. The molecule has 0 spiro atoms. The molecule has 0 saturated heterocycles. The Hall–Kier alpha value is 0.844. The van der Waals surface area contributed by atoms with Gasteiger partial charge in [-0.25, -0.2) is 0 Å². The van der Waals surface area contributed by atoms with Gasteiger partial charge >= 0.3 is 25.7 Å². The zero-order valence-corrected chi connectivity index (χ0v) is 25.6. The highest BCUT2D eigenvalue weighted by Gasteiger charge is 2.45. The second-order valence-corrected chi connectivity index (χ2v) is 30.5. The second kappa shape index (κ2) is 10.9. The largest absolute Gasteiger partial charge is 0.437 e. The lowest BCUT2D eigenvalue weighted by molar-refractivity contribution is 0.221. The predicted molar refractivity (Wildman–Crippen MR) is 132 cm³/mol. The molecule has 0 saturated carbocycles. The Balaban J connectivity index is 4.77. The van der Waals surface area contributed by atoms with Gasteiger partial charge in [0.2, 0.25) is 0 Å². The van der Waals surface area contributed by atoms with Gasteiger partial charge in [0.25, 0.3) is 0 Å². The van der Waals surface area contributed by atoms with Gasteiger partial charge < -0.3 is 26.5 Å². The first-order chi connectivity index (χ1) is 12.3. The maximum absolute atomic E-state index is 9.02. The molecule has 0 bridgehead atoms. The van der Waals surface area contributed by atoms with Crippen molar-refractivity contribution in [3.8, 4) is 0 Å². The van der Waals surface area contributed by atoms with E-state index < -0.39 is 42.3 Å². The molecule has 28 heavy (non-hydrogen) atoms. The van der Waals surface area contributed by atoms with E-state index in [2.05, 4.69) is 76.9 Å². The van der Waals surface area contributed by atoms with Crippen LogP contribution in [0.1, 0.15) is 6.42 Å². The molecule has 0 fully saturated rings. The van der Waals surface area contributed by atoms with Crippen LogP contribution in [0.15, 0.2) is 0 Å². The van der Waals surface area contributed by atoms with Gasteiger partial charge in [-0.15, -0.1) is 0 Å². The van der Waals surface area contributed by atoms with Crippen LogP contribution >= 0.6 is 0 Å². The van der Waals surface area contributed by atoms with Crippen LogP contribution in [0.5, 0.6) is 0 Å². The van der Waals surface area contributed by atoms with Gasteiger partial charge in [-0.3, -0.25) is 0 Å². The summed E-state index contributed by atoms with van der Waals surface area (Å²) in [6.45, 7) is 25.9. The maximum atomic E-state index is 9.02. The first kappa shape index (κ1) is 28.8. The highest BCUT2D eigenvalue weighted by Crippen LogP contribution is 2.27. The quantitative estimate of drug-likeness (QED) is 0.365. The zero-order valence-electron chi connectivity index (χ0n) is 20.6. The summed E-state index contributed by atoms with van der Waals surface area (Å²) in [4.78, 5) is 2.17.